The number of aliphatic hydroxyl groups excluding tert-OH is 2. The van der Waals surface area contributed by atoms with Crippen molar-refractivity contribution in [3.8, 4) is 0 Å². The lowest BCUT2D eigenvalue weighted by Crippen LogP contribution is -2.29. The van der Waals surface area contributed by atoms with Crippen molar-refractivity contribution in [2.24, 2.45) is 0 Å². The second kappa shape index (κ2) is 10.6. The van der Waals surface area contributed by atoms with Gasteiger partial charge in [-0.1, -0.05) is 24.3 Å². The summed E-state index contributed by atoms with van der Waals surface area (Å²) >= 11 is 0. The highest BCUT2D eigenvalue weighted by Gasteiger charge is 2.35. The molecule has 0 bridgehead atoms. The first-order valence-electron chi connectivity index (χ1n) is 11.2. The van der Waals surface area contributed by atoms with Crippen LogP contribution in [0.2, 0.25) is 0 Å². The van der Waals surface area contributed by atoms with Crippen molar-refractivity contribution in [3.63, 3.8) is 0 Å². The number of ketones is 2. The van der Waals surface area contributed by atoms with Gasteiger partial charge in [0, 0.05) is 62.0 Å². The minimum absolute atomic E-state index is 0.0492. The molecule has 0 aliphatic heterocycles. The second-order valence-corrected chi connectivity index (χ2v) is 7.77. The zero-order chi connectivity index (χ0) is 23.2. The summed E-state index contributed by atoms with van der Waals surface area (Å²) in [6, 6.07) is 8.81. The number of benzene rings is 2. The molecule has 0 radical (unpaired) electrons. The van der Waals surface area contributed by atoms with Crippen LogP contribution in [0, 0.1) is 0 Å². The van der Waals surface area contributed by atoms with E-state index in [9.17, 15) is 9.59 Å². The Hall–Kier alpha value is -3.24. The van der Waals surface area contributed by atoms with E-state index in [0.29, 0.717) is 72.9 Å². The quantitative estimate of drug-likeness (QED) is 0.125. The Bertz CT molecular complexity index is 1070. The Morgan fingerprint density at radius 2 is 1.24 bits per heavy atom. The average molecular weight is 452 g/mol. The first-order chi connectivity index (χ1) is 16.2. The zero-order valence-corrected chi connectivity index (χ0v) is 18.3. The Labute approximate surface area is 191 Å². The van der Waals surface area contributed by atoms with Gasteiger partial charge in [0.05, 0.1) is 41.2 Å². The molecule has 0 saturated heterocycles. The van der Waals surface area contributed by atoms with Crippen LogP contribution in [0.3, 0.4) is 0 Å². The molecule has 1 aromatic heterocycles. The van der Waals surface area contributed by atoms with Crippen molar-refractivity contribution < 1.29 is 19.8 Å². The molecule has 1 aliphatic carbocycles. The number of H-pyrrole nitrogens is 1. The van der Waals surface area contributed by atoms with Crippen LogP contribution in [-0.2, 0) is 0 Å². The Kier molecular flexibility index (Phi) is 7.36. The maximum Gasteiger partial charge on any atom is 0.196 e. The lowest BCUT2D eigenvalue weighted by molar-refractivity contribution is 0.0980. The van der Waals surface area contributed by atoms with Crippen LogP contribution in [0.5, 0.6) is 0 Å². The number of anilines is 2. The maximum absolute atomic E-state index is 13.6. The van der Waals surface area contributed by atoms with Crippen molar-refractivity contribution in [2.75, 3.05) is 63.1 Å². The monoisotopic (exact) mass is 451 g/mol. The molecule has 0 spiro atoms. The van der Waals surface area contributed by atoms with E-state index in [1.54, 1.807) is 30.5 Å². The van der Waals surface area contributed by atoms with E-state index in [0.717, 1.165) is 10.9 Å². The lowest BCUT2D eigenvalue weighted by atomic mass is 9.81. The fourth-order valence-corrected chi connectivity index (χ4v) is 4.22. The van der Waals surface area contributed by atoms with Gasteiger partial charge in [0.2, 0.25) is 0 Å². The summed E-state index contributed by atoms with van der Waals surface area (Å²) in [5.41, 5.74) is 3.53. The van der Waals surface area contributed by atoms with Gasteiger partial charge in [-0.3, -0.25) is 9.59 Å². The normalized spacial score (nSPS) is 12.7. The third-order valence-corrected chi connectivity index (χ3v) is 5.67. The predicted octanol–water partition coefficient (Wildman–Crippen LogP) is 0.931. The van der Waals surface area contributed by atoms with Gasteiger partial charge in [-0.15, -0.1) is 0 Å². The highest BCUT2D eigenvalue weighted by molar-refractivity contribution is 6.35. The molecule has 33 heavy (non-hydrogen) atoms. The van der Waals surface area contributed by atoms with Crippen LogP contribution in [0.1, 0.15) is 31.8 Å². The number of rotatable bonds is 12. The van der Waals surface area contributed by atoms with Gasteiger partial charge in [-0.05, 0) is 6.07 Å². The van der Waals surface area contributed by atoms with Crippen molar-refractivity contribution in [1.29, 1.82) is 0 Å². The fraction of sp³-hybridized carbons (Fsp3) is 0.333. The van der Waals surface area contributed by atoms with Crippen molar-refractivity contribution >= 4 is 33.8 Å². The summed E-state index contributed by atoms with van der Waals surface area (Å²) in [7, 11) is 0. The summed E-state index contributed by atoms with van der Waals surface area (Å²) in [5.74, 6) is -0.375. The number of aromatic amines is 1. The van der Waals surface area contributed by atoms with E-state index in [1.807, 2.05) is 6.07 Å². The van der Waals surface area contributed by atoms with Crippen molar-refractivity contribution in [2.45, 2.75) is 0 Å². The van der Waals surface area contributed by atoms with Gasteiger partial charge in [0.25, 0.3) is 0 Å². The molecule has 174 valence electrons. The molecule has 0 atom stereocenters. The fourth-order valence-electron chi connectivity index (χ4n) is 4.22. The Morgan fingerprint density at radius 1 is 0.697 bits per heavy atom. The van der Waals surface area contributed by atoms with E-state index in [-0.39, 0.29) is 24.8 Å². The number of carbonyl (C=O) groups is 2. The molecule has 0 amide bonds. The Balaban J connectivity index is 1.78. The molecule has 0 saturated carbocycles. The first-order valence-corrected chi connectivity index (χ1v) is 11.2. The van der Waals surface area contributed by atoms with Gasteiger partial charge in [-0.2, -0.15) is 0 Å². The third kappa shape index (κ3) is 4.49. The van der Waals surface area contributed by atoms with Crippen LogP contribution in [0.25, 0.3) is 10.9 Å². The smallest absolute Gasteiger partial charge is 0.196 e. The average Bonchev–Trinajstić information content (AvgIpc) is 3.32. The second-order valence-electron chi connectivity index (χ2n) is 7.77. The minimum Gasteiger partial charge on any atom is -0.395 e. The minimum atomic E-state index is -0.191. The van der Waals surface area contributed by atoms with Crippen LogP contribution in [0.15, 0.2) is 36.5 Å². The van der Waals surface area contributed by atoms with E-state index in [2.05, 4.69) is 26.3 Å². The van der Waals surface area contributed by atoms with Crippen LogP contribution < -0.4 is 21.3 Å². The molecule has 0 fully saturated rings. The van der Waals surface area contributed by atoms with E-state index in [1.165, 1.54) is 0 Å². The molecule has 0 unspecified atom stereocenters. The SMILES string of the molecule is O=C1c2ccccc2C(=O)c2c1c(NCCNCCO)c1cc[nH]c1c2NCCNCCO. The van der Waals surface area contributed by atoms with Crippen LogP contribution >= 0.6 is 0 Å². The van der Waals surface area contributed by atoms with E-state index < -0.39 is 0 Å². The molecular formula is C24H29N5O4. The van der Waals surface area contributed by atoms with Crippen molar-refractivity contribution in [3.05, 3.63) is 58.8 Å². The molecule has 1 heterocycles. The molecule has 9 nitrogen and oxygen atoms in total. The largest absolute Gasteiger partial charge is 0.395 e. The number of fused-ring (bicyclic) bond motifs is 3. The zero-order valence-electron chi connectivity index (χ0n) is 18.3. The summed E-state index contributed by atoms with van der Waals surface area (Å²) in [6.07, 6.45) is 1.79. The number of hydrogen-bond donors (Lipinski definition) is 7. The number of nitrogens with one attached hydrogen (secondary N) is 5. The third-order valence-electron chi connectivity index (χ3n) is 5.67. The molecule has 7 N–H and O–H groups in total. The summed E-state index contributed by atoms with van der Waals surface area (Å²) < 4.78 is 0. The summed E-state index contributed by atoms with van der Waals surface area (Å²) in [6.45, 7) is 3.29. The number of carbonyl (C=O) groups excluding carboxylic acids is 2. The number of aliphatic hydroxyl groups is 2. The van der Waals surface area contributed by atoms with E-state index in [4.69, 9.17) is 10.2 Å². The summed E-state index contributed by atoms with van der Waals surface area (Å²) in [5, 5.41) is 31.7. The van der Waals surface area contributed by atoms with Gasteiger partial charge >= 0.3 is 0 Å². The first kappa shape index (κ1) is 22.9. The van der Waals surface area contributed by atoms with Gasteiger partial charge in [0.1, 0.15) is 0 Å². The maximum atomic E-state index is 13.6. The molecule has 2 aromatic carbocycles. The van der Waals surface area contributed by atoms with Crippen LogP contribution in [-0.4, -0.2) is 79.2 Å². The number of aromatic nitrogens is 1. The predicted molar refractivity (Wildman–Crippen MR) is 128 cm³/mol. The van der Waals surface area contributed by atoms with Crippen molar-refractivity contribution in [1.82, 2.24) is 15.6 Å². The summed E-state index contributed by atoms with van der Waals surface area (Å²) in [4.78, 5) is 30.5. The molecule has 9 heteroatoms. The van der Waals surface area contributed by atoms with Crippen LogP contribution in [0.4, 0.5) is 11.4 Å². The highest BCUT2D eigenvalue weighted by atomic mass is 16.3. The number of hydrogen-bond acceptors (Lipinski definition) is 8. The lowest BCUT2D eigenvalue weighted by Gasteiger charge is -2.25. The van der Waals surface area contributed by atoms with E-state index >= 15 is 0 Å². The topological polar surface area (TPSA) is 139 Å². The molecule has 4 rings (SSSR count). The van der Waals surface area contributed by atoms with Gasteiger partial charge in [-0.25, -0.2) is 0 Å². The van der Waals surface area contributed by atoms with Gasteiger partial charge < -0.3 is 36.5 Å². The molecular weight excluding hydrogens is 422 g/mol. The molecule has 3 aromatic rings. The standard InChI is InChI=1S/C24H29N5O4/c30-13-11-25-7-9-28-20-17-5-6-27-21(17)22(29-10-8-26-12-14-31)19-18(20)23(32)15-3-1-2-4-16(15)24(19)33/h1-6,25-31H,7-14H2. The highest BCUT2D eigenvalue weighted by Crippen LogP contribution is 2.42. The molecule has 1 aliphatic rings. The van der Waals surface area contributed by atoms with Gasteiger partial charge in [0.15, 0.2) is 11.6 Å². The Morgan fingerprint density at radius 3 is 1.82 bits per heavy atom.